The molecule has 1 saturated carbocycles. The first-order chi connectivity index (χ1) is 7.55. The monoisotopic (exact) mass is 278 g/mol. The van der Waals surface area contributed by atoms with Crippen LogP contribution in [0.15, 0.2) is 6.07 Å². The van der Waals surface area contributed by atoms with Gasteiger partial charge in [-0.3, -0.25) is 0 Å². The summed E-state index contributed by atoms with van der Waals surface area (Å²) in [5, 5.41) is 10.0. The van der Waals surface area contributed by atoms with E-state index in [0.29, 0.717) is 5.92 Å². The van der Waals surface area contributed by atoms with Crippen molar-refractivity contribution >= 4 is 34.5 Å². The lowest BCUT2D eigenvalue weighted by molar-refractivity contribution is -0.0930. The summed E-state index contributed by atoms with van der Waals surface area (Å²) < 4.78 is 1.52. The van der Waals surface area contributed by atoms with E-state index >= 15 is 0 Å². The van der Waals surface area contributed by atoms with Gasteiger partial charge in [0.25, 0.3) is 0 Å². The molecule has 1 aliphatic carbocycles. The van der Waals surface area contributed by atoms with Crippen molar-refractivity contribution in [3.05, 3.63) is 20.3 Å². The van der Waals surface area contributed by atoms with Crippen molar-refractivity contribution in [1.29, 1.82) is 0 Å². The van der Waals surface area contributed by atoms with Gasteiger partial charge in [0.15, 0.2) is 0 Å². The molecule has 1 aromatic rings. The van der Waals surface area contributed by atoms with Crippen LogP contribution in [-0.4, -0.2) is 11.2 Å². The fraction of sp³-hybridized carbons (Fsp3) is 0.667. The Hall–Kier alpha value is 0.240. The quantitative estimate of drug-likeness (QED) is 0.849. The molecule has 1 aliphatic rings. The molecule has 0 aromatic carbocycles. The fourth-order valence-electron chi connectivity index (χ4n) is 3.01. The molecule has 1 aromatic heterocycles. The van der Waals surface area contributed by atoms with Crippen LogP contribution in [0.1, 0.15) is 44.6 Å². The maximum atomic E-state index is 10.0. The molecule has 1 N–H and O–H groups in total. The number of thiophene rings is 1. The van der Waals surface area contributed by atoms with Crippen LogP contribution < -0.4 is 0 Å². The van der Waals surface area contributed by atoms with Crippen LogP contribution in [0.2, 0.25) is 8.67 Å². The molecule has 0 amide bonds. The SMILES string of the molecule is CCC1(CC)C(O)CC1c1cc(Cl)sc1Cl. The molecule has 1 fully saturated rings. The third-order valence-corrected chi connectivity index (χ3v) is 5.71. The summed E-state index contributed by atoms with van der Waals surface area (Å²) in [7, 11) is 0. The molecule has 0 bridgehead atoms. The fourth-order valence-corrected chi connectivity index (χ4v) is 4.58. The number of hydrogen-bond acceptors (Lipinski definition) is 2. The minimum Gasteiger partial charge on any atom is -0.393 e. The van der Waals surface area contributed by atoms with Crippen molar-refractivity contribution in [2.24, 2.45) is 5.41 Å². The van der Waals surface area contributed by atoms with Gasteiger partial charge < -0.3 is 5.11 Å². The molecular weight excluding hydrogens is 263 g/mol. The van der Waals surface area contributed by atoms with Gasteiger partial charge >= 0.3 is 0 Å². The van der Waals surface area contributed by atoms with Gasteiger partial charge in [-0.2, -0.15) is 0 Å². The van der Waals surface area contributed by atoms with Gasteiger partial charge in [0.1, 0.15) is 0 Å². The molecule has 2 atom stereocenters. The Morgan fingerprint density at radius 2 is 2.06 bits per heavy atom. The Labute approximate surface area is 110 Å². The van der Waals surface area contributed by atoms with Crippen LogP contribution in [0.4, 0.5) is 0 Å². The standard InChI is InChI=1S/C12H16Cl2OS/c1-3-12(4-2)8(6-9(12)15)7-5-10(13)16-11(7)14/h5,8-9,15H,3-4,6H2,1-2H3. The number of aliphatic hydroxyl groups is 1. The lowest BCUT2D eigenvalue weighted by Gasteiger charge is -2.53. The van der Waals surface area contributed by atoms with E-state index in [1.165, 1.54) is 11.3 Å². The summed E-state index contributed by atoms with van der Waals surface area (Å²) in [5.74, 6) is 0.369. The zero-order valence-corrected chi connectivity index (χ0v) is 11.8. The number of rotatable bonds is 3. The topological polar surface area (TPSA) is 20.2 Å². The van der Waals surface area contributed by atoms with Crippen molar-refractivity contribution < 1.29 is 5.11 Å². The Morgan fingerprint density at radius 3 is 2.44 bits per heavy atom. The van der Waals surface area contributed by atoms with Crippen molar-refractivity contribution in [1.82, 2.24) is 0 Å². The molecule has 4 heteroatoms. The smallest absolute Gasteiger partial charge is 0.0979 e. The first kappa shape index (κ1) is 12.7. The Morgan fingerprint density at radius 1 is 1.44 bits per heavy atom. The zero-order chi connectivity index (χ0) is 11.9. The highest BCUT2D eigenvalue weighted by Gasteiger charge is 2.53. The summed E-state index contributed by atoms with van der Waals surface area (Å²) in [4.78, 5) is 0. The molecule has 2 unspecified atom stereocenters. The summed E-state index contributed by atoms with van der Waals surface area (Å²) in [6.07, 6.45) is 2.59. The second kappa shape index (κ2) is 4.49. The predicted octanol–water partition coefficient (Wildman–Crippen LogP) is 4.71. The van der Waals surface area contributed by atoms with Crippen molar-refractivity contribution in [3.8, 4) is 0 Å². The molecule has 0 saturated heterocycles. The van der Waals surface area contributed by atoms with Crippen LogP contribution in [0, 0.1) is 5.41 Å². The molecule has 0 spiro atoms. The van der Waals surface area contributed by atoms with Gasteiger partial charge in [0, 0.05) is 5.41 Å². The lowest BCUT2D eigenvalue weighted by atomic mass is 9.53. The molecule has 2 rings (SSSR count). The highest BCUT2D eigenvalue weighted by Crippen LogP contribution is 2.59. The first-order valence-corrected chi connectivity index (χ1v) is 7.25. The van der Waals surface area contributed by atoms with Crippen LogP contribution in [0.25, 0.3) is 0 Å². The summed E-state index contributed by atoms with van der Waals surface area (Å²) in [6, 6.07) is 1.96. The number of aliphatic hydroxyl groups excluding tert-OH is 1. The van der Waals surface area contributed by atoms with E-state index in [1.54, 1.807) is 0 Å². The number of halogens is 2. The van der Waals surface area contributed by atoms with E-state index in [-0.39, 0.29) is 11.5 Å². The average Bonchev–Trinajstić information content (AvgIpc) is 2.56. The molecule has 90 valence electrons. The van der Waals surface area contributed by atoms with Crippen molar-refractivity contribution in [2.45, 2.75) is 45.1 Å². The van der Waals surface area contributed by atoms with Gasteiger partial charge in [0.2, 0.25) is 0 Å². The average molecular weight is 279 g/mol. The van der Waals surface area contributed by atoms with Crippen molar-refractivity contribution in [2.75, 3.05) is 0 Å². The summed E-state index contributed by atoms with van der Waals surface area (Å²) >= 11 is 13.6. The highest BCUT2D eigenvalue weighted by molar-refractivity contribution is 7.20. The third kappa shape index (κ3) is 1.71. The maximum Gasteiger partial charge on any atom is 0.0979 e. The lowest BCUT2D eigenvalue weighted by Crippen LogP contribution is -2.50. The van der Waals surface area contributed by atoms with E-state index < -0.39 is 0 Å². The van der Waals surface area contributed by atoms with E-state index in [1.807, 2.05) is 6.07 Å². The van der Waals surface area contributed by atoms with Crippen LogP contribution in [0.5, 0.6) is 0 Å². The van der Waals surface area contributed by atoms with Crippen LogP contribution in [-0.2, 0) is 0 Å². The van der Waals surface area contributed by atoms with E-state index in [9.17, 15) is 5.11 Å². The molecule has 16 heavy (non-hydrogen) atoms. The van der Waals surface area contributed by atoms with Crippen molar-refractivity contribution in [3.63, 3.8) is 0 Å². The Balaban J connectivity index is 2.32. The molecule has 0 aliphatic heterocycles. The molecule has 1 heterocycles. The van der Waals surface area contributed by atoms with Gasteiger partial charge in [-0.1, -0.05) is 37.0 Å². The summed E-state index contributed by atoms with van der Waals surface area (Å²) in [5.41, 5.74) is 1.14. The van der Waals surface area contributed by atoms with Gasteiger partial charge in [0.05, 0.1) is 14.8 Å². The second-order valence-corrected chi connectivity index (χ2v) is 6.81. The minimum absolute atomic E-state index is 0.00798. The third-order valence-electron chi connectivity index (χ3n) is 4.19. The van der Waals surface area contributed by atoms with Crippen LogP contribution >= 0.6 is 34.5 Å². The predicted molar refractivity (Wildman–Crippen MR) is 70.7 cm³/mol. The summed E-state index contributed by atoms with van der Waals surface area (Å²) in [6.45, 7) is 4.28. The second-order valence-electron chi connectivity index (χ2n) is 4.52. The molecule has 1 nitrogen and oxygen atoms in total. The van der Waals surface area contributed by atoms with Crippen LogP contribution in [0.3, 0.4) is 0 Å². The van der Waals surface area contributed by atoms with E-state index in [4.69, 9.17) is 23.2 Å². The highest BCUT2D eigenvalue weighted by atomic mass is 35.5. The molecule has 0 radical (unpaired) electrons. The normalized spacial score (nSPS) is 27.8. The first-order valence-electron chi connectivity index (χ1n) is 5.68. The largest absolute Gasteiger partial charge is 0.393 e. The molecular formula is C12H16Cl2OS. The minimum atomic E-state index is -0.192. The van der Waals surface area contributed by atoms with E-state index in [0.717, 1.165) is 33.5 Å². The Bertz CT molecular complexity index is 384. The zero-order valence-electron chi connectivity index (χ0n) is 9.46. The Kier molecular flexibility index (Phi) is 3.56. The van der Waals surface area contributed by atoms with Gasteiger partial charge in [-0.15, -0.1) is 11.3 Å². The maximum absolute atomic E-state index is 10.0. The van der Waals surface area contributed by atoms with Gasteiger partial charge in [-0.05, 0) is 36.8 Å². The van der Waals surface area contributed by atoms with E-state index in [2.05, 4.69) is 13.8 Å². The van der Waals surface area contributed by atoms with Gasteiger partial charge in [-0.25, -0.2) is 0 Å². The number of hydrogen-bond donors (Lipinski definition) is 1.